The van der Waals surface area contributed by atoms with Crippen LogP contribution in [0.2, 0.25) is 0 Å². The maximum absolute atomic E-state index is 10.7. The van der Waals surface area contributed by atoms with E-state index in [1.54, 1.807) is 0 Å². The monoisotopic (exact) mass is 242 g/mol. The summed E-state index contributed by atoms with van der Waals surface area (Å²) < 4.78 is 5.74. The molecule has 0 heterocycles. The third-order valence-electron chi connectivity index (χ3n) is 1.46. The summed E-state index contributed by atoms with van der Waals surface area (Å²) in [6.07, 6.45) is -0.532. The Morgan fingerprint density at radius 1 is 1.54 bits per heavy atom. The van der Waals surface area contributed by atoms with Crippen molar-refractivity contribution in [2.45, 2.75) is 6.61 Å². The molecule has 1 radical (unpaired) electrons. The number of nitrogens with one attached hydrogen (secondary N) is 1. The number of ether oxygens (including phenoxy) is 1. The topological polar surface area (TPSA) is 38.3 Å². The van der Waals surface area contributed by atoms with Crippen molar-refractivity contribution in [3.05, 3.63) is 41.3 Å². The summed E-state index contributed by atoms with van der Waals surface area (Å²) in [6.45, 7) is 0.239. The zero-order chi connectivity index (χ0) is 9.68. The Bertz CT molecular complexity index is 301. The molecule has 13 heavy (non-hydrogen) atoms. The maximum atomic E-state index is 10.7. The molecule has 1 rings (SSSR count). The predicted octanol–water partition coefficient (Wildman–Crippen LogP) is 2.47. The second kappa shape index (κ2) is 4.87. The predicted molar refractivity (Wildman–Crippen MR) is 52.8 cm³/mol. The van der Waals surface area contributed by atoms with E-state index >= 15 is 0 Å². The molecular formula is C9H9BrNO2. The fraction of sp³-hybridized carbons (Fsp3) is 0.111. The van der Waals surface area contributed by atoms with Crippen molar-refractivity contribution in [3.8, 4) is 0 Å². The average molecular weight is 243 g/mol. The molecule has 1 N–H and O–H groups in total. The molecule has 1 aromatic carbocycles. The number of carbonyl (C=O) groups is 1. The second-order valence-corrected chi connectivity index (χ2v) is 3.20. The fourth-order valence-corrected chi connectivity index (χ4v) is 1.21. The lowest BCUT2D eigenvalue weighted by molar-refractivity contribution is 0.143. The van der Waals surface area contributed by atoms with Gasteiger partial charge >= 0.3 is 6.09 Å². The highest BCUT2D eigenvalue weighted by Crippen LogP contribution is 2.16. The van der Waals surface area contributed by atoms with E-state index in [0.29, 0.717) is 0 Å². The summed E-state index contributed by atoms with van der Waals surface area (Å²) in [5.74, 6) is 0. The van der Waals surface area contributed by atoms with Gasteiger partial charge in [0.15, 0.2) is 0 Å². The number of halogens is 1. The van der Waals surface area contributed by atoms with Gasteiger partial charge in [-0.05, 0) is 6.07 Å². The number of carbonyl (C=O) groups excluding carboxylic acids is 1. The molecule has 0 aliphatic carbocycles. The minimum absolute atomic E-state index is 0.239. The molecule has 1 amide bonds. The van der Waals surface area contributed by atoms with Crippen LogP contribution in [0.1, 0.15) is 5.56 Å². The molecular weight excluding hydrogens is 234 g/mol. The van der Waals surface area contributed by atoms with Crippen LogP contribution in [0.15, 0.2) is 28.7 Å². The van der Waals surface area contributed by atoms with Crippen molar-refractivity contribution < 1.29 is 9.53 Å². The Morgan fingerprint density at radius 2 is 2.23 bits per heavy atom. The van der Waals surface area contributed by atoms with Gasteiger partial charge in [0.1, 0.15) is 6.61 Å². The molecule has 0 aliphatic heterocycles. The van der Waals surface area contributed by atoms with Gasteiger partial charge in [0.25, 0.3) is 0 Å². The second-order valence-electron chi connectivity index (χ2n) is 2.34. The van der Waals surface area contributed by atoms with E-state index in [1.165, 1.54) is 0 Å². The zero-order valence-electron chi connectivity index (χ0n) is 6.92. The minimum Gasteiger partial charge on any atom is -0.445 e. The van der Waals surface area contributed by atoms with E-state index in [9.17, 15) is 4.79 Å². The van der Waals surface area contributed by atoms with Gasteiger partial charge in [0, 0.05) is 17.1 Å². The van der Waals surface area contributed by atoms with Crippen molar-refractivity contribution >= 4 is 22.0 Å². The lowest BCUT2D eigenvalue weighted by atomic mass is 10.2. The number of alkyl carbamates (subject to hydrolysis) is 1. The van der Waals surface area contributed by atoms with Gasteiger partial charge in [-0.25, -0.2) is 4.79 Å². The van der Waals surface area contributed by atoms with Crippen LogP contribution in [0.25, 0.3) is 0 Å². The molecule has 0 fully saturated rings. The molecule has 0 saturated heterocycles. The number of benzene rings is 1. The molecule has 0 unspecified atom stereocenters. The molecule has 3 nitrogen and oxygen atoms in total. The van der Waals surface area contributed by atoms with Gasteiger partial charge in [-0.3, -0.25) is 0 Å². The van der Waals surface area contributed by atoms with Crippen molar-refractivity contribution in [2.24, 2.45) is 0 Å². The number of rotatable bonds is 2. The van der Waals surface area contributed by atoms with Crippen molar-refractivity contribution in [1.29, 1.82) is 0 Å². The van der Waals surface area contributed by atoms with Gasteiger partial charge in [-0.2, -0.15) is 0 Å². The first-order valence-corrected chi connectivity index (χ1v) is 4.46. The summed E-state index contributed by atoms with van der Waals surface area (Å²) >= 11 is 3.34. The smallest absolute Gasteiger partial charge is 0.407 e. The molecule has 0 aromatic heterocycles. The molecule has 4 heteroatoms. The van der Waals surface area contributed by atoms with E-state index in [-0.39, 0.29) is 6.61 Å². The lowest BCUT2D eigenvalue weighted by Gasteiger charge is -2.04. The van der Waals surface area contributed by atoms with Crippen LogP contribution in [0, 0.1) is 7.05 Å². The maximum Gasteiger partial charge on any atom is 0.407 e. The molecule has 0 bridgehead atoms. The van der Waals surface area contributed by atoms with Crippen LogP contribution in [-0.4, -0.2) is 6.09 Å². The molecule has 1 aromatic rings. The zero-order valence-corrected chi connectivity index (χ0v) is 8.50. The van der Waals surface area contributed by atoms with Crippen molar-refractivity contribution in [2.75, 3.05) is 0 Å². The Hall–Kier alpha value is -1.03. The fourth-order valence-electron chi connectivity index (χ4n) is 0.810. The first kappa shape index (κ1) is 10.1. The van der Waals surface area contributed by atoms with E-state index in [4.69, 9.17) is 4.74 Å². The Labute approximate surface area is 85.2 Å². The van der Waals surface area contributed by atoms with E-state index in [1.807, 2.05) is 24.3 Å². The first-order chi connectivity index (χ1) is 6.24. The molecule has 0 spiro atoms. The highest BCUT2D eigenvalue weighted by Gasteiger charge is 2.01. The largest absolute Gasteiger partial charge is 0.445 e. The average Bonchev–Trinajstić information content (AvgIpc) is 2.16. The number of amides is 1. The summed E-state index contributed by atoms with van der Waals surface area (Å²) in [7, 11) is 3.18. The number of hydrogen-bond acceptors (Lipinski definition) is 2. The van der Waals surface area contributed by atoms with E-state index < -0.39 is 6.09 Å². The van der Waals surface area contributed by atoms with Gasteiger partial charge in [-0.15, -0.1) is 0 Å². The highest BCUT2D eigenvalue weighted by molar-refractivity contribution is 9.10. The quantitative estimate of drug-likeness (QED) is 0.866. The van der Waals surface area contributed by atoms with Crippen LogP contribution in [-0.2, 0) is 11.3 Å². The number of hydrogen-bond donors (Lipinski definition) is 1. The van der Waals surface area contributed by atoms with Crippen LogP contribution in [0.3, 0.4) is 0 Å². The summed E-state index contributed by atoms with van der Waals surface area (Å²) in [5, 5.41) is 2.13. The Balaban J connectivity index is 2.54. The van der Waals surface area contributed by atoms with Crippen LogP contribution in [0.4, 0.5) is 4.79 Å². The summed E-state index contributed by atoms with van der Waals surface area (Å²) in [4.78, 5) is 10.7. The molecule has 69 valence electrons. The van der Waals surface area contributed by atoms with Crippen molar-refractivity contribution in [3.63, 3.8) is 0 Å². The van der Waals surface area contributed by atoms with Crippen LogP contribution in [0.5, 0.6) is 0 Å². The first-order valence-electron chi connectivity index (χ1n) is 3.67. The third kappa shape index (κ3) is 3.06. The normalized spacial score (nSPS) is 9.38. The van der Waals surface area contributed by atoms with Gasteiger partial charge < -0.3 is 10.1 Å². The Morgan fingerprint density at radius 3 is 2.85 bits per heavy atom. The van der Waals surface area contributed by atoms with Gasteiger partial charge in [0.05, 0.1) is 0 Å². The molecule has 0 saturated carbocycles. The standard InChI is InChI=1S/C9H9BrNO2/c1-11-9(12)13-6-7-4-2-3-5-8(7)10/h2-5H,1,6H2,(H,11,12). The summed E-state index contributed by atoms with van der Waals surface area (Å²) in [5.41, 5.74) is 0.922. The SMILES string of the molecule is [CH2]NC(=O)OCc1ccccc1Br. The lowest BCUT2D eigenvalue weighted by Crippen LogP contribution is -2.16. The van der Waals surface area contributed by atoms with Crippen LogP contribution < -0.4 is 5.32 Å². The summed E-state index contributed by atoms with van der Waals surface area (Å²) in [6, 6.07) is 7.54. The van der Waals surface area contributed by atoms with Crippen LogP contribution >= 0.6 is 15.9 Å². The molecule has 0 aliphatic rings. The third-order valence-corrected chi connectivity index (χ3v) is 2.23. The molecule has 0 atom stereocenters. The van der Waals surface area contributed by atoms with Gasteiger partial charge in [0.2, 0.25) is 0 Å². The van der Waals surface area contributed by atoms with Gasteiger partial charge in [-0.1, -0.05) is 34.1 Å². The van der Waals surface area contributed by atoms with E-state index in [2.05, 4.69) is 28.3 Å². The van der Waals surface area contributed by atoms with Crippen molar-refractivity contribution in [1.82, 2.24) is 5.32 Å². The highest BCUT2D eigenvalue weighted by atomic mass is 79.9. The Kier molecular flexibility index (Phi) is 3.76. The minimum atomic E-state index is -0.532. The van der Waals surface area contributed by atoms with E-state index in [0.717, 1.165) is 10.0 Å².